The third-order valence-corrected chi connectivity index (χ3v) is 3.09. The first kappa shape index (κ1) is 21.9. The van der Waals surface area contributed by atoms with Gasteiger partial charge in [-0.1, -0.05) is 25.9 Å². The van der Waals surface area contributed by atoms with Crippen LogP contribution in [0.25, 0.3) is 10.4 Å². The molecule has 0 rings (SSSR count). The SMILES string of the molecule is CC(C)(C)OC(=O)N[C@@H](CCC(OC(N)=O)C(C)(C)C)CN=[N+]=[N-]. The van der Waals surface area contributed by atoms with Crippen molar-refractivity contribution in [1.82, 2.24) is 5.32 Å². The number of rotatable bonds is 7. The van der Waals surface area contributed by atoms with Crippen LogP contribution < -0.4 is 11.1 Å². The molecule has 0 aromatic rings. The highest BCUT2D eigenvalue weighted by molar-refractivity contribution is 5.68. The molecular weight excluding hydrogens is 314 g/mol. The number of hydrogen-bond donors (Lipinski definition) is 2. The molecule has 0 aromatic carbocycles. The molecule has 0 radical (unpaired) electrons. The summed E-state index contributed by atoms with van der Waals surface area (Å²) in [6.07, 6.45) is -0.976. The van der Waals surface area contributed by atoms with Crippen molar-refractivity contribution < 1.29 is 19.1 Å². The van der Waals surface area contributed by atoms with Crippen LogP contribution in [0.4, 0.5) is 9.59 Å². The molecule has 0 aromatic heterocycles. The molecule has 0 saturated carbocycles. The molecule has 0 aliphatic rings. The number of nitrogens with zero attached hydrogens (tertiary/aromatic N) is 3. The van der Waals surface area contributed by atoms with Gasteiger partial charge in [0.1, 0.15) is 11.7 Å². The van der Waals surface area contributed by atoms with Gasteiger partial charge in [0.05, 0.1) is 0 Å². The van der Waals surface area contributed by atoms with E-state index in [9.17, 15) is 9.59 Å². The standard InChI is InChI=1S/C15H29N5O4/c1-14(2,3)11(23-12(16)21)8-7-10(9-18-20-17)19-13(22)24-15(4,5)6/h10-11H,7-9H2,1-6H3,(H2,16,21)(H,19,22)/t10-,11?/m0/s1. The summed E-state index contributed by atoms with van der Waals surface area (Å²) in [4.78, 5) is 25.6. The maximum Gasteiger partial charge on any atom is 0.407 e. The molecule has 0 saturated heterocycles. The number of carbonyl (C=O) groups is 2. The first-order chi connectivity index (χ1) is 10.8. The molecule has 24 heavy (non-hydrogen) atoms. The smallest absolute Gasteiger partial charge is 0.407 e. The monoisotopic (exact) mass is 343 g/mol. The maximum atomic E-state index is 11.9. The van der Waals surface area contributed by atoms with Crippen LogP contribution in [0.15, 0.2) is 5.11 Å². The number of amides is 2. The normalized spacial score (nSPS) is 14.1. The van der Waals surface area contributed by atoms with Crippen molar-refractivity contribution in [2.75, 3.05) is 6.54 Å². The second-order valence-corrected chi connectivity index (χ2v) is 7.63. The minimum absolute atomic E-state index is 0.0726. The Morgan fingerprint density at radius 1 is 1.21 bits per heavy atom. The van der Waals surface area contributed by atoms with E-state index in [1.165, 1.54) is 0 Å². The van der Waals surface area contributed by atoms with Crippen LogP contribution in [0.5, 0.6) is 0 Å². The molecule has 138 valence electrons. The average Bonchev–Trinajstić information content (AvgIpc) is 2.36. The van der Waals surface area contributed by atoms with Crippen LogP contribution in [-0.4, -0.2) is 36.5 Å². The van der Waals surface area contributed by atoms with Crippen LogP contribution in [0.1, 0.15) is 54.4 Å². The minimum atomic E-state index is -0.846. The maximum absolute atomic E-state index is 11.9. The van der Waals surface area contributed by atoms with Gasteiger partial charge in [0, 0.05) is 17.5 Å². The summed E-state index contributed by atoms with van der Waals surface area (Å²) in [5.74, 6) is 0. The second-order valence-electron chi connectivity index (χ2n) is 7.63. The summed E-state index contributed by atoms with van der Waals surface area (Å²) in [7, 11) is 0. The van der Waals surface area contributed by atoms with Gasteiger partial charge in [-0.25, -0.2) is 9.59 Å². The fourth-order valence-corrected chi connectivity index (χ4v) is 1.98. The van der Waals surface area contributed by atoms with E-state index in [0.29, 0.717) is 12.8 Å². The van der Waals surface area contributed by atoms with E-state index in [2.05, 4.69) is 15.3 Å². The van der Waals surface area contributed by atoms with Crippen molar-refractivity contribution in [1.29, 1.82) is 0 Å². The molecular formula is C15H29N5O4. The van der Waals surface area contributed by atoms with E-state index in [-0.39, 0.29) is 12.0 Å². The Morgan fingerprint density at radius 3 is 2.21 bits per heavy atom. The number of ether oxygens (including phenoxy) is 2. The predicted molar refractivity (Wildman–Crippen MR) is 90.3 cm³/mol. The van der Waals surface area contributed by atoms with Crippen molar-refractivity contribution in [2.24, 2.45) is 16.3 Å². The molecule has 0 heterocycles. The molecule has 9 nitrogen and oxygen atoms in total. The Balaban J connectivity index is 4.84. The molecule has 2 amide bonds. The van der Waals surface area contributed by atoms with Gasteiger partial charge in [-0.15, -0.1) is 0 Å². The van der Waals surface area contributed by atoms with Gasteiger partial charge in [0.15, 0.2) is 0 Å². The first-order valence-electron chi connectivity index (χ1n) is 7.81. The molecule has 0 bridgehead atoms. The number of nitrogens with two attached hydrogens (primary N) is 1. The van der Waals surface area contributed by atoms with Gasteiger partial charge in [-0.3, -0.25) is 0 Å². The summed E-state index contributed by atoms with van der Waals surface area (Å²) in [5.41, 5.74) is 12.7. The zero-order valence-corrected chi connectivity index (χ0v) is 15.3. The average molecular weight is 343 g/mol. The molecule has 3 N–H and O–H groups in total. The van der Waals surface area contributed by atoms with E-state index in [4.69, 9.17) is 20.7 Å². The number of primary amides is 1. The summed E-state index contributed by atoms with van der Waals surface area (Å²) < 4.78 is 10.3. The van der Waals surface area contributed by atoms with Crippen LogP contribution in [0.2, 0.25) is 0 Å². The second kappa shape index (κ2) is 9.22. The van der Waals surface area contributed by atoms with E-state index >= 15 is 0 Å². The topological polar surface area (TPSA) is 139 Å². The lowest BCUT2D eigenvalue weighted by Gasteiger charge is -2.31. The van der Waals surface area contributed by atoms with Crippen LogP contribution in [0, 0.1) is 5.41 Å². The number of azide groups is 1. The molecule has 0 aliphatic heterocycles. The largest absolute Gasteiger partial charge is 0.446 e. The molecule has 1 unspecified atom stereocenters. The third-order valence-electron chi connectivity index (χ3n) is 3.09. The van der Waals surface area contributed by atoms with Gasteiger partial charge < -0.3 is 20.5 Å². The summed E-state index contributed by atoms with van der Waals surface area (Å²) in [5, 5.41) is 6.17. The predicted octanol–water partition coefficient (Wildman–Crippen LogP) is 3.48. The number of carbonyl (C=O) groups excluding carboxylic acids is 2. The van der Waals surface area contributed by atoms with Gasteiger partial charge in [-0.05, 0) is 44.6 Å². The zero-order valence-electron chi connectivity index (χ0n) is 15.3. The van der Waals surface area contributed by atoms with E-state index in [1.807, 2.05) is 20.8 Å². The molecule has 9 heteroatoms. The van der Waals surface area contributed by atoms with E-state index < -0.39 is 29.9 Å². The van der Waals surface area contributed by atoms with Gasteiger partial charge in [0.25, 0.3) is 0 Å². The Labute approximate surface area is 142 Å². The lowest BCUT2D eigenvalue weighted by Crippen LogP contribution is -2.42. The van der Waals surface area contributed by atoms with Crippen molar-refractivity contribution in [3.8, 4) is 0 Å². The first-order valence-corrected chi connectivity index (χ1v) is 7.81. The van der Waals surface area contributed by atoms with E-state index in [1.54, 1.807) is 20.8 Å². The quantitative estimate of drug-likeness (QED) is 0.415. The molecule has 2 atom stereocenters. The van der Waals surface area contributed by atoms with Gasteiger partial charge >= 0.3 is 12.2 Å². The van der Waals surface area contributed by atoms with Gasteiger partial charge in [-0.2, -0.15) is 0 Å². The lowest BCUT2D eigenvalue weighted by atomic mass is 9.85. The Morgan fingerprint density at radius 2 is 1.79 bits per heavy atom. The summed E-state index contributed by atoms with van der Waals surface area (Å²) in [6.45, 7) is 11.1. The van der Waals surface area contributed by atoms with Crippen molar-refractivity contribution in [3.63, 3.8) is 0 Å². The number of alkyl carbamates (subject to hydrolysis) is 1. The number of nitrogens with one attached hydrogen (secondary N) is 1. The van der Waals surface area contributed by atoms with Crippen LogP contribution in [-0.2, 0) is 9.47 Å². The summed E-state index contributed by atoms with van der Waals surface area (Å²) >= 11 is 0. The Hall–Kier alpha value is -2.15. The van der Waals surface area contributed by atoms with E-state index in [0.717, 1.165) is 0 Å². The third kappa shape index (κ3) is 10.6. The fraction of sp³-hybridized carbons (Fsp3) is 0.867. The molecule has 0 aliphatic carbocycles. The highest BCUT2D eigenvalue weighted by Gasteiger charge is 2.29. The van der Waals surface area contributed by atoms with Crippen LogP contribution >= 0.6 is 0 Å². The highest BCUT2D eigenvalue weighted by Crippen LogP contribution is 2.26. The zero-order chi connectivity index (χ0) is 19.0. The summed E-state index contributed by atoms with van der Waals surface area (Å²) in [6, 6.07) is -0.433. The number of hydrogen-bond acceptors (Lipinski definition) is 5. The van der Waals surface area contributed by atoms with Crippen molar-refractivity contribution in [3.05, 3.63) is 10.4 Å². The van der Waals surface area contributed by atoms with Crippen molar-refractivity contribution in [2.45, 2.75) is 72.1 Å². The Kier molecular flexibility index (Phi) is 8.39. The lowest BCUT2D eigenvalue weighted by molar-refractivity contribution is 0.0266. The molecule has 0 spiro atoms. The van der Waals surface area contributed by atoms with Crippen molar-refractivity contribution >= 4 is 12.2 Å². The highest BCUT2D eigenvalue weighted by atomic mass is 16.6. The van der Waals surface area contributed by atoms with Crippen LogP contribution in [0.3, 0.4) is 0 Å². The Bertz CT molecular complexity index is 475. The molecule has 0 fully saturated rings. The minimum Gasteiger partial charge on any atom is -0.446 e. The fourth-order valence-electron chi connectivity index (χ4n) is 1.98. The van der Waals surface area contributed by atoms with Gasteiger partial charge in [0.2, 0.25) is 0 Å².